The minimum Gasteiger partial charge on any atom is -0.461 e. The summed E-state index contributed by atoms with van der Waals surface area (Å²) >= 11 is 0. The van der Waals surface area contributed by atoms with Crippen molar-refractivity contribution in [3.05, 3.63) is 48.0 Å². The van der Waals surface area contributed by atoms with Crippen LogP contribution in [0.4, 0.5) is 0 Å². The third-order valence-electron chi connectivity index (χ3n) is 14.7. The number of allylic oxidation sites excluding steroid dienone is 1. The highest BCUT2D eigenvalue weighted by Crippen LogP contribution is 2.77. The van der Waals surface area contributed by atoms with Gasteiger partial charge in [-0.25, -0.2) is 4.79 Å². The van der Waals surface area contributed by atoms with Gasteiger partial charge in [0.15, 0.2) is 0 Å². The van der Waals surface area contributed by atoms with E-state index in [-0.39, 0.29) is 28.3 Å². The first-order valence-corrected chi connectivity index (χ1v) is 16.4. The first-order chi connectivity index (χ1) is 18.8. The topological polar surface area (TPSA) is 46.5 Å². The molecule has 6 rings (SSSR count). The normalized spacial score (nSPS) is 47.3. The second-order valence-electron chi connectivity index (χ2n) is 16.4. The SMILES string of the molecule is C=C(C)[C@@H]1CC[C@]2(COC(=O)c3ccccc3)CC[C@]3(C)C(CC[C@@H]4[C@@]5(C)CC[C@H](O)C(C)(C)[C@@H]5CC[C@]43C)[C@@H]12. The Morgan fingerprint density at radius 1 is 0.875 bits per heavy atom. The maximum atomic E-state index is 13.1. The van der Waals surface area contributed by atoms with Crippen LogP contribution in [0.2, 0.25) is 0 Å². The predicted octanol–water partition coefficient (Wildman–Crippen LogP) is 8.86. The van der Waals surface area contributed by atoms with Gasteiger partial charge in [-0.2, -0.15) is 0 Å². The van der Waals surface area contributed by atoms with Gasteiger partial charge in [0.05, 0.1) is 18.3 Å². The lowest BCUT2D eigenvalue weighted by Crippen LogP contribution is -2.66. The van der Waals surface area contributed by atoms with Crippen molar-refractivity contribution in [1.29, 1.82) is 0 Å². The molecule has 0 spiro atoms. The first-order valence-electron chi connectivity index (χ1n) is 16.4. The van der Waals surface area contributed by atoms with Gasteiger partial charge in [-0.15, -0.1) is 0 Å². The molecule has 5 aliphatic carbocycles. The molecule has 5 saturated carbocycles. The van der Waals surface area contributed by atoms with E-state index in [9.17, 15) is 9.90 Å². The fraction of sp³-hybridized carbons (Fsp3) is 0.757. The number of benzene rings is 1. The summed E-state index contributed by atoms with van der Waals surface area (Å²) in [6.07, 6.45) is 11.8. The third kappa shape index (κ3) is 3.81. The van der Waals surface area contributed by atoms with Gasteiger partial charge >= 0.3 is 5.97 Å². The number of hydrogen-bond donors (Lipinski definition) is 1. The molecule has 5 fully saturated rings. The van der Waals surface area contributed by atoms with Crippen molar-refractivity contribution in [3.8, 4) is 0 Å². The number of rotatable bonds is 4. The lowest BCUT2D eigenvalue weighted by Gasteiger charge is -2.73. The summed E-state index contributed by atoms with van der Waals surface area (Å²) in [4.78, 5) is 13.1. The van der Waals surface area contributed by atoms with E-state index in [4.69, 9.17) is 4.74 Å². The predicted molar refractivity (Wildman–Crippen MR) is 162 cm³/mol. The number of ether oxygens (including phenoxy) is 1. The van der Waals surface area contributed by atoms with Gasteiger partial charge in [-0.1, -0.05) is 65.0 Å². The summed E-state index contributed by atoms with van der Waals surface area (Å²) in [5.41, 5.74) is 2.92. The van der Waals surface area contributed by atoms with E-state index in [2.05, 4.69) is 48.1 Å². The fourth-order valence-electron chi connectivity index (χ4n) is 12.4. The van der Waals surface area contributed by atoms with Gasteiger partial charge in [-0.05, 0) is 135 Å². The molecule has 220 valence electrons. The largest absolute Gasteiger partial charge is 0.461 e. The number of carbonyl (C=O) groups excluding carboxylic acids is 1. The average molecular weight is 547 g/mol. The quantitative estimate of drug-likeness (QED) is 0.303. The molecule has 0 amide bonds. The smallest absolute Gasteiger partial charge is 0.338 e. The van der Waals surface area contributed by atoms with Crippen LogP contribution < -0.4 is 0 Å². The van der Waals surface area contributed by atoms with Gasteiger partial charge < -0.3 is 9.84 Å². The Morgan fingerprint density at radius 2 is 1.60 bits per heavy atom. The number of fused-ring (bicyclic) bond motifs is 7. The van der Waals surface area contributed by atoms with Crippen LogP contribution in [0.3, 0.4) is 0 Å². The van der Waals surface area contributed by atoms with E-state index in [1.807, 2.05) is 30.3 Å². The number of carbonyl (C=O) groups is 1. The molecule has 40 heavy (non-hydrogen) atoms. The Hall–Kier alpha value is -1.61. The van der Waals surface area contributed by atoms with Gasteiger partial charge in [0.25, 0.3) is 0 Å². The molecule has 3 heteroatoms. The van der Waals surface area contributed by atoms with Crippen LogP contribution in [-0.2, 0) is 4.74 Å². The Kier molecular flexibility index (Phi) is 6.73. The Morgan fingerprint density at radius 3 is 2.30 bits per heavy atom. The van der Waals surface area contributed by atoms with Crippen molar-refractivity contribution >= 4 is 5.97 Å². The molecule has 5 aliphatic rings. The molecule has 3 nitrogen and oxygen atoms in total. The summed E-state index contributed by atoms with van der Waals surface area (Å²) in [7, 11) is 0. The highest BCUT2D eigenvalue weighted by molar-refractivity contribution is 5.89. The molecule has 1 N–H and O–H groups in total. The zero-order chi connectivity index (χ0) is 28.7. The highest BCUT2D eigenvalue weighted by atomic mass is 16.5. The van der Waals surface area contributed by atoms with Crippen LogP contribution in [0, 0.1) is 56.7 Å². The lowest BCUT2D eigenvalue weighted by atomic mass is 9.32. The second kappa shape index (κ2) is 9.45. The van der Waals surface area contributed by atoms with Crippen LogP contribution in [0.25, 0.3) is 0 Å². The van der Waals surface area contributed by atoms with E-state index in [0.717, 1.165) is 19.3 Å². The van der Waals surface area contributed by atoms with Crippen molar-refractivity contribution < 1.29 is 14.6 Å². The molecule has 0 saturated heterocycles. The first kappa shape index (κ1) is 28.5. The molecule has 0 heterocycles. The van der Waals surface area contributed by atoms with Crippen molar-refractivity contribution in [2.75, 3.05) is 6.61 Å². The molecule has 0 aromatic heterocycles. The van der Waals surface area contributed by atoms with Crippen LogP contribution in [0.5, 0.6) is 0 Å². The Labute approximate surface area is 243 Å². The van der Waals surface area contributed by atoms with Crippen molar-refractivity contribution in [2.45, 2.75) is 112 Å². The summed E-state index contributed by atoms with van der Waals surface area (Å²) in [5.74, 6) is 2.84. The number of aliphatic hydroxyl groups is 1. The van der Waals surface area contributed by atoms with Gasteiger partial charge in [0.2, 0.25) is 0 Å². The molecule has 1 unspecified atom stereocenters. The summed E-state index contributed by atoms with van der Waals surface area (Å²) < 4.78 is 6.17. The standard InChI is InChI=1S/C37H54O3/c1-24(2)26-15-20-37(23-40-32(39)25-11-9-8-10-12-25)22-21-35(6)27(31(26)37)13-14-29-34(5)18-17-30(38)33(3,4)28(34)16-19-36(29,35)7/h8-12,26-31,38H,1,13-23H2,2-7H3/t26-,27?,28-,29+,30-,31+,34-,35+,36+,37+/m0/s1. The summed E-state index contributed by atoms with van der Waals surface area (Å²) in [5, 5.41) is 11.0. The average Bonchev–Trinajstić information content (AvgIpc) is 3.31. The van der Waals surface area contributed by atoms with Crippen molar-refractivity contribution in [3.63, 3.8) is 0 Å². The maximum absolute atomic E-state index is 13.1. The number of esters is 1. The minimum atomic E-state index is -0.176. The van der Waals surface area contributed by atoms with Gasteiger partial charge in [0, 0.05) is 5.41 Å². The van der Waals surface area contributed by atoms with E-state index >= 15 is 0 Å². The van der Waals surface area contributed by atoms with E-state index in [0.29, 0.717) is 52.6 Å². The molecule has 10 atom stereocenters. The zero-order valence-corrected chi connectivity index (χ0v) is 26.1. The van der Waals surface area contributed by atoms with Crippen LogP contribution >= 0.6 is 0 Å². The Bertz CT molecular complexity index is 1160. The van der Waals surface area contributed by atoms with Crippen LogP contribution in [0.1, 0.15) is 116 Å². The van der Waals surface area contributed by atoms with Crippen LogP contribution in [0.15, 0.2) is 42.5 Å². The lowest BCUT2D eigenvalue weighted by molar-refractivity contribution is -0.249. The van der Waals surface area contributed by atoms with E-state index in [1.54, 1.807) is 0 Å². The molecule has 1 aromatic rings. The number of hydrogen-bond acceptors (Lipinski definition) is 3. The second-order valence-corrected chi connectivity index (χ2v) is 16.4. The molecule has 1 aromatic carbocycles. The molecular weight excluding hydrogens is 492 g/mol. The minimum absolute atomic E-state index is 0.00701. The Balaban J connectivity index is 1.32. The summed E-state index contributed by atoms with van der Waals surface area (Å²) in [6.45, 7) is 20.0. The molecular formula is C37H54O3. The zero-order valence-electron chi connectivity index (χ0n) is 26.1. The third-order valence-corrected chi connectivity index (χ3v) is 14.7. The molecule has 0 radical (unpaired) electrons. The molecule has 0 aliphatic heterocycles. The van der Waals surface area contributed by atoms with Crippen molar-refractivity contribution in [1.82, 2.24) is 0 Å². The van der Waals surface area contributed by atoms with E-state index in [1.165, 1.54) is 50.5 Å². The van der Waals surface area contributed by atoms with Crippen molar-refractivity contribution in [2.24, 2.45) is 56.7 Å². The van der Waals surface area contributed by atoms with Crippen LogP contribution in [-0.4, -0.2) is 23.8 Å². The molecule has 0 bridgehead atoms. The van der Waals surface area contributed by atoms with Gasteiger partial charge in [-0.3, -0.25) is 0 Å². The summed E-state index contributed by atoms with van der Waals surface area (Å²) in [6, 6.07) is 9.51. The van der Waals surface area contributed by atoms with E-state index < -0.39 is 0 Å². The maximum Gasteiger partial charge on any atom is 0.338 e. The van der Waals surface area contributed by atoms with Gasteiger partial charge in [0.1, 0.15) is 0 Å². The fourth-order valence-corrected chi connectivity index (χ4v) is 12.4. The monoisotopic (exact) mass is 546 g/mol. The number of aliphatic hydroxyl groups excluding tert-OH is 1. The highest BCUT2D eigenvalue weighted by Gasteiger charge is 2.71.